The van der Waals surface area contributed by atoms with Crippen molar-refractivity contribution in [2.45, 2.75) is 45.7 Å². The maximum Gasteiger partial charge on any atom is 0.0630 e. The van der Waals surface area contributed by atoms with Crippen LogP contribution in [0.1, 0.15) is 33.6 Å². The van der Waals surface area contributed by atoms with Gasteiger partial charge in [-0.3, -0.25) is 4.90 Å². The van der Waals surface area contributed by atoms with Crippen LogP contribution in [0, 0.1) is 5.92 Å². The Balaban J connectivity index is 2.47. The number of ether oxygens (including phenoxy) is 1. The molecule has 0 bridgehead atoms. The first kappa shape index (κ1) is 13.9. The van der Waals surface area contributed by atoms with Crippen LogP contribution in [0.2, 0.25) is 0 Å². The predicted octanol–water partition coefficient (Wildman–Crippen LogP) is 1.73. The minimum absolute atomic E-state index is 0.542. The summed E-state index contributed by atoms with van der Waals surface area (Å²) >= 11 is 0. The van der Waals surface area contributed by atoms with Gasteiger partial charge in [0.2, 0.25) is 0 Å². The van der Waals surface area contributed by atoms with E-state index in [1.54, 1.807) is 7.11 Å². The Kier molecular flexibility index (Phi) is 6.32. The number of nitrogens with zero attached hydrogens (tertiary/aromatic N) is 1. The average Bonchev–Trinajstić information content (AvgIpc) is 3.04. The summed E-state index contributed by atoms with van der Waals surface area (Å²) < 4.78 is 5.36. The first-order chi connectivity index (χ1) is 7.69. The number of methoxy groups -OCH3 is 1. The Hall–Kier alpha value is -0.120. The predicted molar refractivity (Wildman–Crippen MR) is 68.8 cm³/mol. The number of rotatable bonds is 9. The molecular weight excluding hydrogens is 200 g/mol. The first-order valence-corrected chi connectivity index (χ1v) is 6.64. The molecule has 0 spiro atoms. The van der Waals surface area contributed by atoms with Crippen molar-refractivity contribution in [1.82, 2.24) is 10.2 Å². The number of hydrogen-bond donors (Lipinski definition) is 1. The molecule has 0 heterocycles. The van der Waals surface area contributed by atoms with Crippen molar-refractivity contribution in [1.29, 1.82) is 0 Å². The summed E-state index contributed by atoms with van der Waals surface area (Å²) in [6.07, 6.45) is 2.75. The van der Waals surface area contributed by atoms with Gasteiger partial charge in [-0.05, 0) is 25.3 Å². The van der Waals surface area contributed by atoms with Crippen molar-refractivity contribution in [3.05, 3.63) is 0 Å². The fourth-order valence-corrected chi connectivity index (χ4v) is 2.20. The molecule has 1 aliphatic carbocycles. The van der Waals surface area contributed by atoms with Gasteiger partial charge in [-0.15, -0.1) is 0 Å². The summed E-state index contributed by atoms with van der Waals surface area (Å²) in [6, 6.07) is 1.36. The monoisotopic (exact) mass is 228 g/mol. The van der Waals surface area contributed by atoms with Gasteiger partial charge in [0.05, 0.1) is 6.61 Å². The maximum absolute atomic E-state index is 5.36. The highest BCUT2D eigenvalue weighted by molar-refractivity contribution is 4.90. The van der Waals surface area contributed by atoms with Crippen molar-refractivity contribution >= 4 is 0 Å². The van der Waals surface area contributed by atoms with Gasteiger partial charge in [0.15, 0.2) is 0 Å². The molecule has 0 aliphatic heterocycles. The van der Waals surface area contributed by atoms with E-state index >= 15 is 0 Å². The van der Waals surface area contributed by atoms with Gasteiger partial charge in [-0.2, -0.15) is 0 Å². The van der Waals surface area contributed by atoms with Crippen LogP contribution in [0.4, 0.5) is 0 Å². The van der Waals surface area contributed by atoms with E-state index in [4.69, 9.17) is 4.74 Å². The molecule has 0 aromatic carbocycles. The van der Waals surface area contributed by atoms with E-state index < -0.39 is 0 Å². The Morgan fingerprint density at radius 1 is 1.38 bits per heavy atom. The van der Waals surface area contributed by atoms with Crippen LogP contribution < -0.4 is 5.32 Å². The molecule has 1 atom stereocenters. The average molecular weight is 228 g/mol. The Bertz CT molecular complexity index is 181. The molecule has 0 aromatic rings. The third-order valence-electron chi connectivity index (χ3n) is 3.05. The van der Waals surface area contributed by atoms with Gasteiger partial charge >= 0.3 is 0 Å². The van der Waals surface area contributed by atoms with Crippen LogP contribution >= 0.6 is 0 Å². The zero-order valence-electron chi connectivity index (χ0n) is 11.3. The molecule has 16 heavy (non-hydrogen) atoms. The second-order valence-corrected chi connectivity index (χ2v) is 5.24. The second kappa shape index (κ2) is 7.25. The quantitative estimate of drug-likeness (QED) is 0.650. The fourth-order valence-electron chi connectivity index (χ4n) is 2.20. The highest BCUT2D eigenvalue weighted by atomic mass is 16.5. The highest BCUT2D eigenvalue weighted by Gasteiger charge is 2.33. The normalized spacial score (nSPS) is 18.4. The lowest BCUT2D eigenvalue weighted by atomic mass is 10.1. The number of likely N-dealkylation sites (N-methyl/N-ethyl adjacent to an activating group) is 1. The lowest BCUT2D eigenvalue weighted by Crippen LogP contribution is -2.47. The molecule has 1 unspecified atom stereocenters. The number of hydrogen-bond acceptors (Lipinski definition) is 3. The topological polar surface area (TPSA) is 24.5 Å². The van der Waals surface area contributed by atoms with E-state index in [1.807, 2.05) is 0 Å². The molecular formula is C13H28N2O. The molecule has 1 fully saturated rings. The van der Waals surface area contributed by atoms with Gasteiger partial charge in [0.25, 0.3) is 0 Å². The molecule has 3 heteroatoms. The summed E-state index contributed by atoms with van der Waals surface area (Å²) in [5, 5.41) is 3.45. The minimum Gasteiger partial charge on any atom is -0.383 e. The summed E-state index contributed by atoms with van der Waals surface area (Å²) in [7, 11) is 1.80. The van der Waals surface area contributed by atoms with Crippen molar-refractivity contribution < 1.29 is 4.74 Å². The van der Waals surface area contributed by atoms with E-state index in [0.29, 0.717) is 6.04 Å². The lowest BCUT2D eigenvalue weighted by molar-refractivity contribution is 0.0762. The van der Waals surface area contributed by atoms with Crippen LogP contribution in [0.25, 0.3) is 0 Å². The van der Waals surface area contributed by atoms with Crippen molar-refractivity contribution in [2.24, 2.45) is 5.92 Å². The van der Waals surface area contributed by atoms with Crippen LogP contribution in [-0.2, 0) is 4.74 Å². The molecule has 1 rings (SSSR count). The summed E-state index contributed by atoms with van der Waals surface area (Å²) in [4.78, 5) is 2.65. The summed E-state index contributed by atoms with van der Waals surface area (Å²) in [5.74, 6) is 0.738. The molecule has 0 aromatic heterocycles. The van der Waals surface area contributed by atoms with Crippen LogP contribution in [0.5, 0.6) is 0 Å². The number of nitrogens with one attached hydrogen (secondary N) is 1. The molecule has 0 saturated heterocycles. The molecule has 0 amide bonds. The maximum atomic E-state index is 5.36. The third kappa shape index (κ3) is 4.81. The zero-order chi connectivity index (χ0) is 12.0. The molecule has 0 radical (unpaired) electrons. The fraction of sp³-hybridized carbons (Fsp3) is 1.00. The summed E-state index contributed by atoms with van der Waals surface area (Å²) in [6.45, 7) is 10.9. The van der Waals surface area contributed by atoms with Crippen LogP contribution in [0.15, 0.2) is 0 Å². The smallest absolute Gasteiger partial charge is 0.0630 e. The van der Waals surface area contributed by atoms with E-state index in [9.17, 15) is 0 Å². The van der Waals surface area contributed by atoms with Gasteiger partial charge in [0, 0.05) is 32.3 Å². The zero-order valence-corrected chi connectivity index (χ0v) is 11.3. The van der Waals surface area contributed by atoms with Gasteiger partial charge in [-0.25, -0.2) is 0 Å². The Labute approximate surface area is 101 Å². The standard InChI is InChI=1S/C13H28N2O/c1-5-14-8-13(10-16-4)15(9-11(2)3)12-6-7-12/h11-14H,5-10H2,1-4H3. The Morgan fingerprint density at radius 2 is 2.06 bits per heavy atom. The van der Waals surface area contributed by atoms with Crippen molar-refractivity contribution in [3.8, 4) is 0 Å². The molecule has 1 saturated carbocycles. The van der Waals surface area contributed by atoms with E-state index in [1.165, 1.54) is 19.4 Å². The second-order valence-electron chi connectivity index (χ2n) is 5.24. The lowest BCUT2D eigenvalue weighted by Gasteiger charge is -2.33. The van der Waals surface area contributed by atoms with Crippen LogP contribution in [0.3, 0.4) is 0 Å². The third-order valence-corrected chi connectivity index (χ3v) is 3.05. The molecule has 3 nitrogen and oxygen atoms in total. The van der Waals surface area contributed by atoms with E-state index in [2.05, 4.69) is 31.0 Å². The summed E-state index contributed by atoms with van der Waals surface area (Å²) in [5.41, 5.74) is 0. The van der Waals surface area contributed by atoms with E-state index in [-0.39, 0.29) is 0 Å². The largest absolute Gasteiger partial charge is 0.383 e. The Morgan fingerprint density at radius 3 is 2.50 bits per heavy atom. The van der Waals surface area contributed by atoms with Crippen molar-refractivity contribution in [3.63, 3.8) is 0 Å². The van der Waals surface area contributed by atoms with Gasteiger partial charge in [0.1, 0.15) is 0 Å². The van der Waals surface area contributed by atoms with Gasteiger partial charge in [-0.1, -0.05) is 20.8 Å². The molecule has 1 aliphatic rings. The van der Waals surface area contributed by atoms with E-state index in [0.717, 1.165) is 31.7 Å². The molecule has 96 valence electrons. The van der Waals surface area contributed by atoms with Crippen molar-refractivity contribution in [2.75, 3.05) is 33.4 Å². The molecule has 1 N–H and O–H groups in total. The first-order valence-electron chi connectivity index (χ1n) is 6.64. The van der Waals surface area contributed by atoms with Crippen LogP contribution in [-0.4, -0.2) is 50.3 Å². The highest BCUT2D eigenvalue weighted by Crippen LogP contribution is 2.29. The minimum atomic E-state index is 0.542. The SMILES string of the molecule is CCNCC(COC)N(CC(C)C)C1CC1. The van der Waals surface area contributed by atoms with Gasteiger partial charge < -0.3 is 10.1 Å².